The highest BCUT2D eigenvalue weighted by Crippen LogP contribution is 2.18. The van der Waals surface area contributed by atoms with Crippen LogP contribution in [0.2, 0.25) is 0 Å². The lowest BCUT2D eigenvalue weighted by Crippen LogP contribution is -2.45. The molecule has 0 aromatic heterocycles. The Morgan fingerprint density at radius 2 is 2.26 bits per heavy atom. The smallest absolute Gasteiger partial charge is 0.130 e. The van der Waals surface area contributed by atoms with Crippen LogP contribution in [0.1, 0.15) is 24.9 Å². The molecule has 2 atom stereocenters. The van der Waals surface area contributed by atoms with E-state index < -0.39 is 17.7 Å². The average molecular weight is 270 g/mol. The van der Waals surface area contributed by atoms with Crippen LogP contribution in [0.4, 0.5) is 8.78 Å². The Kier molecular flexibility index (Phi) is 4.85. The van der Waals surface area contributed by atoms with Crippen LogP contribution >= 0.6 is 0 Å². The van der Waals surface area contributed by atoms with Gasteiger partial charge < -0.3 is 10.5 Å². The van der Waals surface area contributed by atoms with Crippen LogP contribution in [-0.2, 0) is 4.74 Å². The number of nitrogens with two attached hydrogens (primary N) is 1. The van der Waals surface area contributed by atoms with Crippen LogP contribution in [0.3, 0.4) is 0 Å². The predicted octanol–water partition coefficient (Wildman–Crippen LogP) is 2.08. The van der Waals surface area contributed by atoms with E-state index in [4.69, 9.17) is 10.5 Å². The van der Waals surface area contributed by atoms with Crippen LogP contribution in [0.5, 0.6) is 0 Å². The molecule has 0 aliphatic carbocycles. The Labute approximate surface area is 112 Å². The second-order valence-corrected chi connectivity index (χ2v) is 4.93. The van der Waals surface area contributed by atoms with Crippen molar-refractivity contribution in [2.24, 2.45) is 5.73 Å². The van der Waals surface area contributed by atoms with Gasteiger partial charge in [-0.2, -0.15) is 0 Å². The van der Waals surface area contributed by atoms with Crippen molar-refractivity contribution in [3.05, 3.63) is 35.4 Å². The van der Waals surface area contributed by atoms with Crippen LogP contribution in [-0.4, -0.2) is 37.2 Å². The van der Waals surface area contributed by atoms with E-state index in [9.17, 15) is 8.78 Å². The molecule has 1 fully saturated rings. The summed E-state index contributed by atoms with van der Waals surface area (Å²) in [6.45, 7) is 4.92. The molecule has 1 aromatic rings. The lowest BCUT2D eigenvalue weighted by Gasteiger charge is -2.34. The molecule has 5 heteroatoms. The van der Waals surface area contributed by atoms with E-state index in [-0.39, 0.29) is 6.10 Å². The molecule has 106 valence electrons. The van der Waals surface area contributed by atoms with Gasteiger partial charge in [-0.1, -0.05) is 13.0 Å². The van der Waals surface area contributed by atoms with Crippen molar-refractivity contribution in [1.29, 1.82) is 0 Å². The summed E-state index contributed by atoms with van der Waals surface area (Å²) in [6.07, 6.45) is 1.18. The minimum atomic E-state index is -0.578. The fourth-order valence-electron chi connectivity index (χ4n) is 2.37. The first-order valence-corrected chi connectivity index (χ1v) is 6.64. The highest BCUT2D eigenvalue weighted by molar-refractivity contribution is 5.22. The summed E-state index contributed by atoms with van der Waals surface area (Å²) in [5.74, 6) is -1.15. The van der Waals surface area contributed by atoms with Gasteiger partial charge in [0.25, 0.3) is 0 Å². The summed E-state index contributed by atoms with van der Waals surface area (Å²) in [7, 11) is 0. The second-order valence-electron chi connectivity index (χ2n) is 4.93. The number of hydrogen-bond acceptors (Lipinski definition) is 3. The normalized spacial score (nSPS) is 22.4. The number of nitrogens with zero attached hydrogens (tertiary/aromatic N) is 1. The zero-order valence-electron chi connectivity index (χ0n) is 11.1. The monoisotopic (exact) mass is 270 g/mol. The third kappa shape index (κ3) is 3.72. The molecule has 19 heavy (non-hydrogen) atoms. The Morgan fingerprint density at radius 3 is 2.95 bits per heavy atom. The van der Waals surface area contributed by atoms with Crippen molar-refractivity contribution in [2.45, 2.75) is 25.5 Å². The average Bonchev–Trinajstić information content (AvgIpc) is 2.38. The minimum Gasteiger partial charge on any atom is -0.376 e. The molecule has 1 saturated heterocycles. The van der Waals surface area contributed by atoms with E-state index >= 15 is 0 Å². The number of halogens is 2. The molecule has 1 aromatic carbocycles. The van der Waals surface area contributed by atoms with Crippen molar-refractivity contribution < 1.29 is 13.5 Å². The van der Waals surface area contributed by atoms with Crippen LogP contribution in [0.15, 0.2) is 18.2 Å². The fourth-order valence-corrected chi connectivity index (χ4v) is 2.37. The molecule has 0 radical (unpaired) electrons. The van der Waals surface area contributed by atoms with E-state index in [2.05, 4.69) is 11.8 Å². The van der Waals surface area contributed by atoms with Gasteiger partial charge in [0.05, 0.1) is 12.7 Å². The van der Waals surface area contributed by atoms with E-state index in [1.807, 2.05) is 0 Å². The van der Waals surface area contributed by atoms with Crippen molar-refractivity contribution in [3.63, 3.8) is 0 Å². The molecule has 0 spiro atoms. The fraction of sp³-hybridized carbons (Fsp3) is 0.571. The predicted molar refractivity (Wildman–Crippen MR) is 69.8 cm³/mol. The first-order valence-electron chi connectivity index (χ1n) is 6.64. The molecule has 2 N–H and O–H groups in total. The minimum absolute atomic E-state index is 0.221. The Morgan fingerprint density at radius 1 is 1.47 bits per heavy atom. The van der Waals surface area contributed by atoms with E-state index in [0.29, 0.717) is 18.7 Å². The molecule has 1 aliphatic heterocycles. The topological polar surface area (TPSA) is 38.5 Å². The molecule has 1 aliphatic rings. The standard InChI is InChI=1S/C14H20F2N2O/c1-2-11-8-18(5-6-19-11)9-14(17)12-4-3-10(15)7-13(12)16/h3-4,7,11,14H,2,5-6,8-9,17H2,1H3. The van der Waals surface area contributed by atoms with Gasteiger partial charge in [-0.15, -0.1) is 0 Å². The highest BCUT2D eigenvalue weighted by Gasteiger charge is 2.22. The quantitative estimate of drug-likeness (QED) is 0.910. The first-order chi connectivity index (χ1) is 9.10. The number of rotatable bonds is 4. The molecular formula is C14H20F2N2O. The van der Waals surface area contributed by atoms with Crippen LogP contribution < -0.4 is 5.73 Å². The lowest BCUT2D eigenvalue weighted by atomic mass is 10.1. The highest BCUT2D eigenvalue weighted by atomic mass is 19.1. The third-order valence-corrected chi connectivity index (χ3v) is 3.50. The van der Waals surface area contributed by atoms with Crippen LogP contribution in [0, 0.1) is 11.6 Å². The van der Waals surface area contributed by atoms with Gasteiger partial charge in [0.15, 0.2) is 0 Å². The summed E-state index contributed by atoms with van der Waals surface area (Å²) in [4.78, 5) is 2.17. The second kappa shape index (κ2) is 6.41. The summed E-state index contributed by atoms with van der Waals surface area (Å²) in [5.41, 5.74) is 6.38. The largest absolute Gasteiger partial charge is 0.376 e. The number of benzene rings is 1. The lowest BCUT2D eigenvalue weighted by molar-refractivity contribution is -0.0312. The zero-order chi connectivity index (χ0) is 13.8. The molecular weight excluding hydrogens is 250 g/mol. The number of hydrogen-bond donors (Lipinski definition) is 1. The van der Waals surface area contributed by atoms with Crippen molar-refractivity contribution >= 4 is 0 Å². The van der Waals surface area contributed by atoms with Crippen molar-refractivity contribution in [2.75, 3.05) is 26.2 Å². The zero-order valence-corrected chi connectivity index (χ0v) is 11.1. The molecule has 3 nitrogen and oxygen atoms in total. The van der Waals surface area contributed by atoms with Crippen molar-refractivity contribution in [1.82, 2.24) is 4.90 Å². The van der Waals surface area contributed by atoms with E-state index in [0.717, 1.165) is 25.6 Å². The Hall–Kier alpha value is -1.04. The van der Waals surface area contributed by atoms with Crippen LogP contribution in [0.25, 0.3) is 0 Å². The van der Waals surface area contributed by atoms with Gasteiger partial charge >= 0.3 is 0 Å². The van der Waals surface area contributed by atoms with Gasteiger partial charge in [0, 0.05) is 37.3 Å². The van der Waals surface area contributed by atoms with Gasteiger partial charge in [-0.3, -0.25) is 4.90 Å². The Bertz CT molecular complexity index is 428. The SMILES string of the molecule is CCC1CN(CC(N)c2ccc(F)cc2F)CCO1. The number of morpholine rings is 1. The van der Waals surface area contributed by atoms with Crippen molar-refractivity contribution in [3.8, 4) is 0 Å². The molecule has 2 rings (SSSR count). The third-order valence-electron chi connectivity index (χ3n) is 3.50. The Balaban J connectivity index is 1.98. The molecule has 0 saturated carbocycles. The summed E-state index contributed by atoms with van der Waals surface area (Å²) in [5, 5.41) is 0. The first kappa shape index (κ1) is 14.4. The molecule has 1 heterocycles. The van der Waals surface area contributed by atoms with E-state index in [1.165, 1.54) is 12.1 Å². The number of ether oxygens (including phenoxy) is 1. The maximum absolute atomic E-state index is 13.6. The van der Waals surface area contributed by atoms with Gasteiger partial charge in [-0.05, 0) is 12.5 Å². The van der Waals surface area contributed by atoms with Gasteiger partial charge in [0.1, 0.15) is 11.6 Å². The molecule has 2 unspecified atom stereocenters. The molecule has 0 amide bonds. The summed E-state index contributed by atoms with van der Waals surface area (Å²) in [6, 6.07) is 3.10. The van der Waals surface area contributed by atoms with Gasteiger partial charge in [0.2, 0.25) is 0 Å². The molecule has 0 bridgehead atoms. The maximum Gasteiger partial charge on any atom is 0.130 e. The van der Waals surface area contributed by atoms with Gasteiger partial charge in [-0.25, -0.2) is 8.78 Å². The summed E-state index contributed by atoms with van der Waals surface area (Å²) >= 11 is 0. The summed E-state index contributed by atoms with van der Waals surface area (Å²) < 4.78 is 32.1. The maximum atomic E-state index is 13.6. The van der Waals surface area contributed by atoms with E-state index in [1.54, 1.807) is 0 Å².